The van der Waals surface area contributed by atoms with E-state index in [1.165, 1.54) is 0 Å². The number of benzene rings is 2. The maximum Gasteiger partial charge on any atom is 0.121 e. The van der Waals surface area contributed by atoms with Gasteiger partial charge >= 0.3 is 0 Å². The van der Waals surface area contributed by atoms with Crippen LogP contribution in [0.1, 0.15) is 36.1 Å². The average Bonchev–Trinajstić information content (AvgIpc) is 2.62. The van der Waals surface area contributed by atoms with Gasteiger partial charge in [-0.2, -0.15) is 15.6 Å². The zero-order valence-electron chi connectivity index (χ0n) is 15.0. The van der Waals surface area contributed by atoms with Gasteiger partial charge in [-0.1, -0.05) is 0 Å². The molecule has 2 aromatic rings. The van der Waals surface area contributed by atoms with Gasteiger partial charge in [0.15, 0.2) is 0 Å². The van der Waals surface area contributed by atoms with Crippen LogP contribution in [0.4, 0.5) is 17.1 Å². The zero-order valence-corrected chi connectivity index (χ0v) is 15.0. The first-order valence-corrected chi connectivity index (χ1v) is 8.26. The molecule has 5 nitrogen and oxygen atoms in total. The van der Waals surface area contributed by atoms with Crippen molar-refractivity contribution >= 4 is 17.1 Å². The largest absolute Gasteiger partial charge is 0.372 e. The van der Waals surface area contributed by atoms with Gasteiger partial charge in [0.25, 0.3) is 0 Å². The normalized spacial score (nSPS) is 10.5. The van der Waals surface area contributed by atoms with E-state index in [0.29, 0.717) is 16.8 Å². The molecule has 0 aliphatic carbocycles. The molecule has 0 amide bonds. The van der Waals surface area contributed by atoms with Crippen molar-refractivity contribution in [2.45, 2.75) is 27.7 Å². The first kappa shape index (κ1) is 18.2. The number of nitriles is 2. The zero-order chi connectivity index (χ0) is 18.4. The van der Waals surface area contributed by atoms with E-state index in [-0.39, 0.29) is 0 Å². The fourth-order valence-electron chi connectivity index (χ4n) is 2.70. The summed E-state index contributed by atoms with van der Waals surface area (Å²) in [4.78, 5) is 2.26. The van der Waals surface area contributed by atoms with Crippen LogP contribution in [0.25, 0.3) is 0 Å². The van der Waals surface area contributed by atoms with Crippen molar-refractivity contribution in [3.63, 3.8) is 0 Å². The summed E-state index contributed by atoms with van der Waals surface area (Å²) in [5.41, 5.74) is 4.76. The predicted molar refractivity (Wildman–Crippen MR) is 99.5 cm³/mol. The van der Waals surface area contributed by atoms with Crippen LogP contribution in [-0.2, 0) is 0 Å². The van der Waals surface area contributed by atoms with Gasteiger partial charge in [0, 0.05) is 18.8 Å². The maximum atomic E-state index is 9.30. The Labute approximate surface area is 148 Å². The third-order valence-electron chi connectivity index (χ3n) is 4.06. The summed E-state index contributed by atoms with van der Waals surface area (Å²) in [7, 11) is 0. The summed E-state index contributed by atoms with van der Waals surface area (Å²) < 4.78 is 0. The Morgan fingerprint density at radius 1 is 0.920 bits per heavy atom. The van der Waals surface area contributed by atoms with Gasteiger partial charge in [-0.15, -0.1) is 5.11 Å². The van der Waals surface area contributed by atoms with Crippen LogP contribution >= 0.6 is 0 Å². The van der Waals surface area contributed by atoms with E-state index < -0.39 is 0 Å². The molecule has 0 aliphatic heterocycles. The minimum absolute atomic E-state index is 0.322. The molecule has 0 bridgehead atoms. The minimum atomic E-state index is 0.322. The number of azo groups is 1. The SMILES string of the molecule is CCN(CC)c1ccc(/N=N/c2c(C#N)cc(C)cc2C#N)c(C)c1. The van der Waals surface area contributed by atoms with Crippen LogP contribution < -0.4 is 4.90 Å². The highest BCUT2D eigenvalue weighted by Crippen LogP contribution is 2.30. The Morgan fingerprint density at radius 2 is 1.52 bits per heavy atom. The van der Waals surface area contributed by atoms with Gasteiger partial charge in [-0.25, -0.2) is 0 Å². The molecule has 0 unspecified atom stereocenters. The van der Waals surface area contributed by atoms with E-state index in [4.69, 9.17) is 0 Å². The lowest BCUT2D eigenvalue weighted by Gasteiger charge is -2.21. The molecule has 0 N–H and O–H groups in total. The molecular weight excluding hydrogens is 310 g/mol. The van der Waals surface area contributed by atoms with Crippen molar-refractivity contribution in [3.05, 3.63) is 52.6 Å². The molecular formula is C20H21N5. The Morgan fingerprint density at radius 3 is 2.00 bits per heavy atom. The number of anilines is 1. The van der Waals surface area contributed by atoms with Crippen LogP contribution in [-0.4, -0.2) is 13.1 Å². The van der Waals surface area contributed by atoms with Crippen LogP contribution in [0.2, 0.25) is 0 Å². The molecule has 0 aliphatic rings. The molecule has 0 aromatic heterocycles. The topological polar surface area (TPSA) is 75.5 Å². The molecule has 0 heterocycles. The lowest BCUT2D eigenvalue weighted by molar-refractivity contribution is 0.865. The second kappa shape index (κ2) is 8.08. The average molecular weight is 331 g/mol. The van der Waals surface area contributed by atoms with Gasteiger partial charge in [0.05, 0.1) is 16.8 Å². The van der Waals surface area contributed by atoms with Crippen LogP contribution in [0.3, 0.4) is 0 Å². The molecule has 25 heavy (non-hydrogen) atoms. The van der Waals surface area contributed by atoms with Gasteiger partial charge in [-0.3, -0.25) is 0 Å². The van der Waals surface area contributed by atoms with E-state index in [9.17, 15) is 10.5 Å². The van der Waals surface area contributed by atoms with E-state index >= 15 is 0 Å². The standard InChI is InChI=1S/C20H21N5/c1-5-25(6-2)18-7-8-19(15(4)11-18)23-24-20-16(12-21)9-14(3)10-17(20)13-22/h7-11H,5-6H2,1-4H3/b24-23+. The Balaban J connectivity index is 2.41. The molecule has 5 heteroatoms. The smallest absolute Gasteiger partial charge is 0.121 e. The number of rotatable bonds is 5. The molecule has 0 radical (unpaired) electrons. The summed E-state index contributed by atoms with van der Waals surface area (Å²) in [5.74, 6) is 0. The minimum Gasteiger partial charge on any atom is -0.372 e. The van der Waals surface area contributed by atoms with Gasteiger partial charge in [0.2, 0.25) is 0 Å². The molecule has 0 atom stereocenters. The first-order chi connectivity index (χ1) is 12.0. The van der Waals surface area contributed by atoms with Crippen molar-refractivity contribution in [2.24, 2.45) is 10.2 Å². The molecule has 126 valence electrons. The maximum absolute atomic E-state index is 9.30. The van der Waals surface area contributed by atoms with Crippen molar-refractivity contribution in [3.8, 4) is 12.1 Å². The molecule has 0 saturated heterocycles. The lowest BCUT2D eigenvalue weighted by Crippen LogP contribution is -2.21. The van der Waals surface area contributed by atoms with Crippen LogP contribution in [0.5, 0.6) is 0 Å². The number of hydrogen-bond donors (Lipinski definition) is 0. The molecule has 0 fully saturated rings. The monoisotopic (exact) mass is 331 g/mol. The summed E-state index contributed by atoms with van der Waals surface area (Å²) in [6, 6.07) is 13.6. The van der Waals surface area contributed by atoms with Crippen molar-refractivity contribution in [1.29, 1.82) is 10.5 Å². The first-order valence-electron chi connectivity index (χ1n) is 8.26. The third kappa shape index (κ3) is 4.02. The molecule has 2 aromatic carbocycles. The van der Waals surface area contributed by atoms with Crippen molar-refractivity contribution < 1.29 is 0 Å². The highest BCUT2D eigenvalue weighted by Gasteiger charge is 2.10. The number of aryl methyl sites for hydroxylation is 2. The molecule has 0 saturated carbocycles. The second-order valence-corrected chi connectivity index (χ2v) is 5.78. The summed E-state index contributed by atoms with van der Waals surface area (Å²) in [6.07, 6.45) is 0. The molecule has 2 rings (SSSR count). The van der Waals surface area contributed by atoms with Crippen molar-refractivity contribution in [1.82, 2.24) is 0 Å². The van der Waals surface area contributed by atoms with E-state index in [2.05, 4.69) is 47.2 Å². The van der Waals surface area contributed by atoms with Crippen LogP contribution in [0.15, 0.2) is 40.6 Å². The van der Waals surface area contributed by atoms with Gasteiger partial charge in [0.1, 0.15) is 17.8 Å². The summed E-state index contributed by atoms with van der Waals surface area (Å²) in [6.45, 7) is 9.95. The predicted octanol–water partition coefficient (Wildman–Crippen LogP) is 5.31. The quantitative estimate of drug-likeness (QED) is 0.697. The lowest BCUT2D eigenvalue weighted by atomic mass is 10.1. The highest BCUT2D eigenvalue weighted by molar-refractivity contribution is 5.64. The Bertz CT molecular complexity index is 845. The number of nitrogens with zero attached hydrogens (tertiary/aromatic N) is 5. The second-order valence-electron chi connectivity index (χ2n) is 5.78. The van der Waals surface area contributed by atoms with E-state index in [1.807, 2.05) is 26.0 Å². The fourth-order valence-corrected chi connectivity index (χ4v) is 2.70. The summed E-state index contributed by atoms with van der Waals surface area (Å²) >= 11 is 0. The Kier molecular flexibility index (Phi) is 5.87. The highest BCUT2D eigenvalue weighted by atomic mass is 15.1. The third-order valence-corrected chi connectivity index (χ3v) is 4.06. The van der Waals surface area contributed by atoms with E-state index in [1.54, 1.807) is 12.1 Å². The van der Waals surface area contributed by atoms with Gasteiger partial charge in [-0.05, 0) is 69.2 Å². The van der Waals surface area contributed by atoms with Crippen LogP contribution in [0, 0.1) is 36.5 Å². The molecule has 0 spiro atoms. The Hall–Kier alpha value is -3.18. The summed E-state index contributed by atoms with van der Waals surface area (Å²) in [5, 5.41) is 27.1. The van der Waals surface area contributed by atoms with Gasteiger partial charge < -0.3 is 4.90 Å². The van der Waals surface area contributed by atoms with E-state index in [0.717, 1.165) is 35.6 Å². The number of hydrogen-bond acceptors (Lipinski definition) is 5. The van der Waals surface area contributed by atoms with Crippen molar-refractivity contribution in [2.75, 3.05) is 18.0 Å². The fraction of sp³-hybridized carbons (Fsp3) is 0.300.